The largest absolute Gasteiger partial charge is 0.399 e. The van der Waals surface area contributed by atoms with E-state index in [4.69, 9.17) is 5.73 Å². The van der Waals surface area contributed by atoms with Gasteiger partial charge in [0.2, 0.25) is 5.91 Å². The van der Waals surface area contributed by atoms with Crippen molar-refractivity contribution < 1.29 is 4.79 Å². The molecule has 1 aromatic rings. The lowest BCUT2D eigenvalue weighted by Crippen LogP contribution is -2.33. The summed E-state index contributed by atoms with van der Waals surface area (Å²) in [5.74, 6) is 3.32. The maximum Gasteiger partial charge on any atom is 0.223 e. The summed E-state index contributed by atoms with van der Waals surface area (Å²) >= 11 is 2.01. The number of amides is 1. The molecule has 1 heterocycles. The van der Waals surface area contributed by atoms with Gasteiger partial charge in [-0.25, -0.2) is 0 Å². The number of hydrogen-bond acceptors (Lipinski definition) is 3. The fraction of sp³-hybridized carbons (Fsp3) is 0.588. The number of carbonyl (C=O) groups excluding carboxylic acids is 1. The predicted octanol–water partition coefficient (Wildman–Crippen LogP) is 3.54. The number of benzene rings is 1. The molecule has 1 amide bonds. The lowest BCUT2D eigenvalue weighted by molar-refractivity contribution is -0.133. The zero-order valence-corrected chi connectivity index (χ0v) is 13.7. The molecule has 1 aliphatic heterocycles. The molecular formula is C17H26N2OS. The highest BCUT2D eigenvalue weighted by Gasteiger charge is 2.21. The molecule has 0 aliphatic carbocycles. The molecule has 2 rings (SSSR count). The van der Waals surface area contributed by atoms with Crippen LogP contribution in [0.5, 0.6) is 0 Å². The summed E-state index contributed by atoms with van der Waals surface area (Å²) in [4.78, 5) is 14.6. The number of hydrogen-bond donors (Lipinski definition) is 1. The first-order valence-electron chi connectivity index (χ1n) is 7.89. The van der Waals surface area contributed by atoms with E-state index < -0.39 is 0 Å². The van der Waals surface area contributed by atoms with Crippen molar-refractivity contribution >= 4 is 23.4 Å². The van der Waals surface area contributed by atoms with Gasteiger partial charge >= 0.3 is 0 Å². The molecule has 21 heavy (non-hydrogen) atoms. The molecule has 116 valence electrons. The van der Waals surface area contributed by atoms with E-state index in [1.54, 1.807) is 0 Å². The first kappa shape index (κ1) is 16.2. The maximum atomic E-state index is 12.6. The van der Waals surface area contributed by atoms with Crippen molar-refractivity contribution in [2.24, 2.45) is 5.92 Å². The quantitative estimate of drug-likeness (QED) is 0.818. The van der Waals surface area contributed by atoms with E-state index in [0.717, 1.165) is 30.6 Å². The van der Waals surface area contributed by atoms with E-state index in [9.17, 15) is 4.79 Å². The summed E-state index contributed by atoms with van der Waals surface area (Å²) in [5.41, 5.74) is 7.64. The van der Waals surface area contributed by atoms with Gasteiger partial charge < -0.3 is 10.6 Å². The molecule has 1 fully saturated rings. The summed E-state index contributed by atoms with van der Waals surface area (Å²) in [6, 6.07) is 7.84. The van der Waals surface area contributed by atoms with Gasteiger partial charge in [0.1, 0.15) is 0 Å². The molecule has 0 spiro atoms. The maximum absolute atomic E-state index is 12.6. The average molecular weight is 306 g/mol. The predicted molar refractivity (Wildman–Crippen MR) is 91.2 cm³/mol. The Morgan fingerprint density at radius 2 is 1.95 bits per heavy atom. The monoisotopic (exact) mass is 306 g/mol. The Morgan fingerprint density at radius 3 is 2.57 bits per heavy atom. The Hall–Kier alpha value is -1.16. The second-order valence-electron chi connectivity index (χ2n) is 5.82. The summed E-state index contributed by atoms with van der Waals surface area (Å²) in [5, 5.41) is 0. The Morgan fingerprint density at radius 1 is 1.29 bits per heavy atom. The van der Waals surface area contributed by atoms with Crippen LogP contribution in [0.4, 0.5) is 5.69 Å². The van der Waals surface area contributed by atoms with Crippen molar-refractivity contribution in [3.8, 4) is 0 Å². The number of nitrogens with zero attached hydrogens (tertiary/aromatic N) is 1. The molecule has 0 saturated carbocycles. The van der Waals surface area contributed by atoms with Crippen LogP contribution in [0.2, 0.25) is 0 Å². The minimum Gasteiger partial charge on any atom is -0.399 e. The number of thioether (sulfide) groups is 1. The lowest BCUT2D eigenvalue weighted by Gasteiger charge is -2.26. The zero-order valence-electron chi connectivity index (χ0n) is 12.9. The third kappa shape index (κ3) is 5.27. The molecule has 1 aromatic carbocycles. The number of rotatable bonds is 6. The van der Waals surface area contributed by atoms with Gasteiger partial charge in [-0.05, 0) is 54.4 Å². The molecule has 0 atom stereocenters. The number of carbonyl (C=O) groups is 1. The van der Waals surface area contributed by atoms with Crippen LogP contribution >= 0.6 is 11.8 Å². The first-order valence-corrected chi connectivity index (χ1v) is 9.04. The third-order valence-electron chi connectivity index (χ3n) is 4.00. The van der Waals surface area contributed by atoms with Gasteiger partial charge in [-0.2, -0.15) is 11.8 Å². The number of nitrogens with two attached hydrogens (primary N) is 1. The minimum absolute atomic E-state index is 0.311. The number of anilines is 1. The standard InChI is InChI=1S/C17H26N2OS/c1-2-9-19(13-15-3-5-16(18)6-4-15)17(20)12-14-7-10-21-11-8-14/h3-6,14H,2,7-13,18H2,1H3. The van der Waals surface area contributed by atoms with Crippen LogP contribution in [0.15, 0.2) is 24.3 Å². The summed E-state index contributed by atoms with van der Waals surface area (Å²) in [7, 11) is 0. The van der Waals surface area contributed by atoms with Crippen molar-refractivity contribution in [3.05, 3.63) is 29.8 Å². The Kier molecular flexibility index (Phi) is 6.43. The van der Waals surface area contributed by atoms with Crippen LogP contribution in [0, 0.1) is 5.92 Å². The van der Waals surface area contributed by atoms with Crippen molar-refractivity contribution in [2.75, 3.05) is 23.8 Å². The van der Waals surface area contributed by atoms with Gasteiger partial charge in [0.15, 0.2) is 0 Å². The van der Waals surface area contributed by atoms with Gasteiger partial charge in [0, 0.05) is 25.2 Å². The van der Waals surface area contributed by atoms with E-state index in [1.807, 2.05) is 40.9 Å². The van der Waals surface area contributed by atoms with Gasteiger partial charge in [0.05, 0.1) is 0 Å². The van der Waals surface area contributed by atoms with Crippen LogP contribution < -0.4 is 5.73 Å². The fourth-order valence-corrected chi connectivity index (χ4v) is 3.94. The fourth-order valence-electron chi connectivity index (χ4n) is 2.73. The van der Waals surface area contributed by atoms with Crippen LogP contribution in [0.25, 0.3) is 0 Å². The van der Waals surface area contributed by atoms with E-state index in [1.165, 1.54) is 24.3 Å². The second kappa shape index (κ2) is 8.32. The molecule has 0 unspecified atom stereocenters. The van der Waals surface area contributed by atoms with Crippen molar-refractivity contribution in [3.63, 3.8) is 0 Å². The minimum atomic E-state index is 0.311. The molecule has 2 N–H and O–H groups in total. The molecule has 0 aromatic heterocycles. The van der Waals surface area contributed by atoms with Crippen molar-refractivity contribution in [1.82, 2.24) is 4.90 Å². The smallest absolute Gasteiger partial charge is 0.223 e. The van der Waals surface area contributed by atoms with Crippen molar-refractivity contribution in [2.45, 2.75) is 39.2 Å². The lowest BCUT2D eigenvalue weighted by atomic mass is 9.98. The van der Waals surface area contributed by atoms with Crippen LogP contribution in [-0.4, -0.2) is 28.9 Å². The van der Waals surface area contributed by atoms with E-state index in [0.29, 0.717) is 18.4 Å². The summed E-state index contributed by atoms with van der Waals surface area (Å²) in [6.07, 6.45) is 4.10. The SMILES string of the molecule is CCCN(Cc1ccc(N)cc1)C(=O)CC1CCSCC1. The average Bonchev–Trinajstić information content (AvgIpc) is 2.50. The molecule has 0 radical (unpaired) electrons. The zero-order chi connectivity index (χ0) is 15.1. The summed E-state index contributed by atoms with van der Waals surface area (Å²) in [6.45, 7) is 3.67. The van der Waals surface area contributed by atoms with Gasteiger partial charge in [0.25, 0.3) is 0 Å². The molecule has 3 nitrogen and oxygen atoms in total. The molecular weight excluding hydrogens is 280 g/mol. The molecule has 1 aliphatic rings. The normalized spacial score (nSPS) is 15.9. The van der Waals surface area contributed by atoms with Crippen LogP contribution in [-0.2, 0) is 11.3 Å². The first-order chi connectivity index (χ1) is 10.2. The Bertz CT molecular complexity index is 441. The number of nitrogen functional groups attached to an aromatic ring is 1. The van der Waals surface area contributed by atoms with E-state index >= 15 is 0 Å². The van der Waals surface area contributed by atoms with Gasteiger partial charge in [-0.3, -0.25) is 4.79 Å². The van der Waals surface area contributed by atoms with Gasteiger partial charge in [-0.1, -0.05) is 19.1 Å². The summed E-state index contributed by atoms with van der Waals surface area (Å²) < 4.78 is 0. The Balaban J connectivity index is 1.93. The molecule has 1 saturated heterocycles. The van der Waals surface area contributed by atoms with Crippen LogP contribution in [0.1, 0.15) is 38.2 Å². The van der Waals surface area contributed by atoms with E-state index in [-0.39, 0.29) is 0 Å². The van der Waals surface area contributed by atoms with Crippen LogP contribution in [0.3, 0.4) is 0 Å². The highest BCUT2D eigenvalue weighted by atomic mass is 32.2. The van der Waals surface area contributed by atoms with Crippen molar-refractivity contribution in [1.29, 1.82) is 0 Å². The highest BCUT2D eigenvalue weighted by molar-refractivity contribution is 7.99. The highest BCUT2D eigenvalue weighted by Crippen LogP contribution is 2.26. The third-order valence-corrected chi connectivity index (χ3v) is 5.05. The molecule has 4 heteroatoms. The second-order valence-corrected chi connectivity index (χ2v) is 7.04. The van der Waals surface area contributed by atoms with E-state index in [2.05, 4.69) is 6.92 Å². The Labute approximate surface area is 132 Å². The topological polar surface area (TPSA) is 46.3 Å². The van der Waals surface area contributed by atoms with Gasteiger partial charge in [-0.15, -0.1) is 0 Å². The molecule has 0 bridgehead atoms.